The zero-order valence-corrected chi connectivity index (χ0v) is 23.7. The van der Waals surface area contributed by atoms with Crippen LogP contribution < -0.4 is 0 Å². The van der Waals surface area contributed by atoms with E-state index in [-0.39, 0.29) is 5.82 Å². The number of piperidine rings is 1. The number of carbonyl (C=O) groups is 1. The van der Waals surface area contributed by atoms with Gasteiger partial charge in [0, 0.05) is 17.7 Å². The summed E-state index contributed by atoms with van der Waals surface area (Å²) in [5.41, 5.74) is 2.66. The van der Waals surface area contributed by atoms with Gasteiger partial charge in [0.15, 0.2) is 0 Å². The summed E-state index contributed by atoms with van der Waals surface area (Å²) in [7, 11) is 0. The number of halogens is 1. The highest BCUT2D eigenvalue weighted by Crippen LogP contribution is 2.37. The van der Waals surface area contributed by atoms with Crippen LogP contribution in [0.1, 0.15) is 63.5 Å². The third kappa shape index (κ3) is 6.78. The Kier molecular flexibility index (Phi) is 8.96. The van der Waals surface area contributed by atoms with Gasteiger partial charge in [-0.1, -0.05) is 49.3 Å². The van der Waals surface area contributed by atoms with E-state index in [1.54, 1.807) is 6.07 Å². The molecule has 2 aliphatic heterocycles. The number of hydrogen-bond donors (Lipinski definition) is 1. The molecule has 2 aliphatic rings. The van der Waals surface area contributed by atoms with Crippen molar-refractivity contribution in [2.24, 2.45) is 11.3 Å². The van der Waals surface area contributed by atoms with Gasteiger partial charge in [0.2, 0.25) is 5.82 Å². The van der Waals surface area contributed by atoms with E-state index in [1.807, 2.05) is 18.2 Å². The van der Waals surface area contributed by atoms with Gasteiger partial charge in [0.05, 0.1) is 5.41 Å². The number of rotatable bonds is 11. The van der Waals surface area contributed by atoms with Crippen molar-refractivity contribution >= 4 is 5.97 Å². The maximum atomic E-state index is 14.5. The quantitative estimate of drug-likeness (QED) is 0.302. The Labute approximate surface area is 236 Å². The number of nitrogens with zero attached hydrogens (tertiary/aromatic N) is 4. The van der Waals surface area contributed by atoms with E-state index in [0.717, 1.165) is 63.2 Å². The van der Waals surface area contributed by atoms with Crippen molar-refractivity contribution in [3.05, 3.63) is 59.4 Å². The van der Waals surface area contributed by atoms with Crippen LogP contribution in [0.15, 0.2) is 47.0 Å². The number of carboxylic acids is 1. The van der Waals surface area contributed by atoms with Crippen LogP contribution in [0, 0.1) is 17.2 Å². The zero-order valence-electron chi connectivity index (χ0n) is 23.7. The first-order valence-electron chi connectivity index (χ1n) is 14.7. The highest BCUT2D eigenvalue weighted by Gasteiger charge is 2.41. The lowest BCUT2D eigenvalue weighted by atomic mass is 9.74. The fourth-order valence-corrected chi connectivity index (χ4v) is 6.12. The molecular formula is C32H41FN4O3. The Morgan fingerprint density at radius 1 is 1.02 bits per heavy atom. The SMILES string of the molecule is CC(C)Cc1ccc(-c2nc(-c3ccc(CN4CCC(CCCN5CCCC5)(C(=O)O)CC4)cc3)no2)cc1F. The van der Waals surface area contributed by atoms with Gasteiger partial charge in [-0.2, -0.15) is 4.98 Å². The average Bonchev–Trinajstić information content (AvgIpc) is 3.64. The van der Waals surface area contributed by atoms with Gasteiger partial charge in [-0.05, 0) is 107 Å². The second-order valence-electron chi connectivity index (χ2n) is 12.0. The summed E-state index contributed by atoms with van der Waals surface area (Å²) in [5.74, 6) is 0.249. The van der Waals surface area contributed by atoms with Gasteiger partial charge < -0.3 is 14.5 Å². The fourth-order valence-electron chi connectivity index (χ4n) is 6.12. The standard InChI is InChI=1S/C32H41FN4O3/c1-23(2)20-26-10-11-27(21-28(26)33)30-34-29(35-40-30)25-8-6-24(7-9-25)22-37-18-13-32(14-19-37,31(38)39)12-5-17-36-15-3-4-16-36/h6-11,21,23H,3-5,12-20,22H2,1-2H3,(H,38,39). The molecule has 40 heavy (non-hydrogen) atoms. The molecule has 0 aliphatic carbocycles. The van der Waals surface area contributed by atoms with Gasteiger partial charge in [-0.25, -0.2) is 4.39 Å². The molecule has 2 aromatic carbocycles. The van der Waals surface area contributed by atoms with Gasteiger partial charge in [-0.3, -0.25) is 9.69 Å². The summed E-state index contributed by atoms with van der Waals surface area (Å²) in [6.07, 6.45) is 6.35. The Morgan fingerprint density at radius 2 is 1.73 bits per heavy atom. The highest BCUT2D eigenvalue weighted by atomic mass is 19.1. The fraction of sp³-hybridized carbons (Fsp3) is 0.531. The van der Waals surface area contributed by atoms with Crippen LogP contribution in [0.3, 0.4) is 0 Å². The zero-order chi connectivity index (χ0) is 28.1. The lowest BCUT2D eigenvalue weighted by Gasteiger charge is -2.39. The van der Waals surface area contributed by atoms with E-state index in [2.05, 4.69) is 45.9 Å². The maximum Gasteiger partial charge on any atom is 0.309 e. The van der Waals surface area contributed by atoms with Crippen LogP contribution in [0.4, 0.5) is 4.39 Å². The van der Waals surface area contributed by atoms with Crippen molar-refractivity contribution in [1.82, 2.24) is 19.9 Å². The molecule has 1 aromatic heterocycles. The van der Waals surface area contributed by atoms with Crippen molar-refractivity contribution in [1.29, 1.82) is 0 Å². The summed E-state index contributed by atoms with van der Waals surface area (Å²) in [4.78, 5) is 21.5. The Morgan fingerprint density at radius 3 is 2.38 bits per heavy atom. The van der Waals surface area contributed by atoms with Crippen molar-refractivity contribution < 1.29 is 18.8 Å². The van der Waals surface area contributed by atoms with E-state index in [1.165, 1.54) is 18.9 Å². The minimum absolute atomic E-state index is 0.254. The van der Waals surface area contributed by atoms with Gasteiger partial charge in [0.25, 0.3) is 5.89 Å². The lowest BCUT2D eigenvalue weighted by Crippen LogP contribution is -2.44. The molecule has 0 saturated carbocycles. The monoisotopic (exact) mass is 548 g/mol. The summed E-state index contributed by atoms with van der Waals surface area (Å²) < 4.78 is 20.0. The third-order valence-corrected chi connectivity index (χ3v) is 8.57. The molecule has 8 heteroatoms. The van der Waals surface area contributed by atoms with Crippen molar-refractivity contribution in [2.45, 2.75) is 65.3 Å². The minimum Gasteiger partial charge on any atom is -0.481 e. The molecule has 0 unspecified atom stereocenters. The normalized spacial score (nSPS) is 18.0. The van der Waals surface area contributed by atoms with Crippen LogP contribution in [-0.2, 0) is 17.8 Å². The molecular weight excluding hydrogens is 507 g/mol. The average molecular weight is 549 g/mol. The molecule has 214 valence electrons. The van der Waals surface area contributed by atoms with E-state index >= 15 is 0 Å². The molecule has 2 fully saturated rings. The number of aliphatic carboxylic acids is 1. The molecule has 5 rings (SSSR count). The van der Waals surface area contributed by atoms with Gasteiger partial charge >= 0.3 is 5.97 Å². The molecule has 3 heterocycles. The van der Waals surface area contributed by atoms with Crippen LogP contribution in [0.5, 0.6) is 0 Å². The second-order valence-corrected chi connectivity index (χ2v) is 12.0. The van der Waals surface area contributed by atoms with Crippen LogP contribution >= 0.6 is 0 Å². The molecule has 0 atom stereocenters. The summed E-state index contributed by atoms with van der Waals surface area (Å²) >= 11 is 0. The van der Waals surface area contributed by atoms with E-state index in [4.69, 9.17) is 4.52 Å². The maximum absolute atomic E-state index is 14.5. The first kappa shape index (κ1) is 28.4. The molecule has 0 radical (unpaired) electrons. The van der Waals surface area contributed by atoms with Crippen molar-refractivity contribution in [3.8, 4) is 22.8 Å². The lowest BCUT2D eigenvalue weighted by molar-refractivity contribution is -0.152. The Bertz CT molecular complexity index is 1280. The third-order valence-electron chi connectivity index (χ3n) is 8.57. The van der Waals surface area contributed by atoms with Crippen LogP contribution in [-0.4, -0.2) is 63.7 Å². The summed E-state index contributed by atoms with van der Waals surface area (Å²) in [6, 6.07) is 13.1. The first-order valence-corrected chi connectivity index (χ1v) is 14.7. The van der Waals surface area contributed by atoms with E-state index < -0.39 is 11.4 Å². The Balaban J connectivity index is 1.15. The molecule has 0 spiro atoms. The molecule has 0 amide bonds. The number of hydrogen-bond acceptors (Lipinski definition) is 6. The van der Waals surface area contributed by atoms with Gasteiger partial charge in [-0.15, -0.1) is 0 Å². The largest absolute Gasteiger partial charge is 0.481 e. The Hall–Kier alpha value is -3.10. The predicted octanol–water partition coefficient (Wildman–Crippen LogP) is 6.28. The van der Waals surface area contributed by atoms with Gasteiger partial charge in [0.1, 0.15) is 5.82 Å². The van der Waals surface area contributed by atoms with E-state index in [9.17, 15) is 14.3 Å². The number of benzene rings is 2. The number of likely N-dealkylation sites (tertiary alicyclic amines) is 2. The molecule has 0 bridgehead atoms. The predicted molar refractivity (Wildman–Crippen MR) is 153 cm³/mol. The van der Waals surface area contributed by atoms with Crippen LogP contribution in [0.25, 0.3) is 22.8 Å². The first-order chi connectivity index (χ1) is 19.3. The number of aromatic nitrogens is 2. The minimum atomic E-state index is -0.633. The second kappa shape index (κ2) is 12.6. The van der Waals surface area contributed by atoms with Crippen LogP contribution in [0.2, 0.25) is 0 Å². The molecule has 2 saturated heterocycles. The van der Waals surface area contributed by atoms with Crippen molar-refractivity contribution in [3.63, 3.8) is 0 Å². The van der Waals surface area contributed by atoms with Crippen molar-refractivity contribution in [2.75, 3.05) is 32.7 Å². The topological polar surface area (TPSA) is 82.7 Å². The van der Waals surface area contributed by atoms with E-state index in [0.29, 0.717) is 48.0 Å². The number of carboxylic acid groups (broad SMARTS) is 1. The molecule has 3 aromatic rings. The molecule has 1 N–H and O–H groups in total. The summed E-state index contributed by atoms with van der Waals surface area (Å²) in [5, 5.41) is 14.2. The molecule has 7 nitrogen and oxygen atoms in total. The smallest absolute Gasteiger partial charge is 0.309 e. The highest BCUT2D eigenvalue weighted by molar-refractivity contribution is 5.74. The summed E-state index contributed by atoms with van der Waals surface area (Å²) in [6.45, 7) is 9.84.